The van der Waals surface area contributed by atoms with Gasteiger partial charge in [-0.25, -0.2) is 4.79 Å². The molecule has 3 aromatic rings. The molecule has 6 nitrogen and oxygen atoms in total. The number of aromatic nitrogens is 1. The maximum absolute atomic E-state index is 12.8. The van der Waals surface area contributed by atoms with Gasteiger partial charge in [0.1, 0.15) is 5.56 Å². The first kappa shape index (κ1) is 20.9. The van der Waals surface area contributed by atoms with E-state index in [1.807, 2.05) is 6.07 Å². The fraction of sp³-hybridized carbons (Fsp3) is 0.364. The second-order valence-corrected chi connectivity index (χ2v) is 9.07. The first-order valence-electron chi connectivity index (χ1n) is 9.82. The van der Waals surface area contributed by atoms with Gasteiger partial charge in [0.25, 0.3) is 0 Å². The third-order valence-electron chi connectivity index (χ3n) is 5.97. The lowest BCUT2D eigenvalue weighted by atomic mass is 9.94. The van der Waals surface area contributed by atoms with E-state index >= 15 is 0 Å². The van der Waals surface area contributed by atoms with Gasteiger partial charge in [-0.3, -0.25) is 4.79 Å². The van der Waals surface area contributed by atoms with E-state index in [9.17, 15) is 14.7 Å². The molecule has 2 aliphatic rings. The molecule has 0 bridgehead atoms. The summed E-state index contributed by atoms with van der Waals surface area (Å²) in [6.07, 6.45) is 3.41. The minimum atomic E-state index is -1.23. The quantitative estimate of drug-likeness (QED) is 0.550. The molecule has 5 rings (SSSR count). The first-order chi connectivity index (χ1) is 14.0. The van der Waals surface area contributed by atoms with E-state index in [4.69, 9.17) is 4.74 Å². The Morgan fingerprint density at radius 2 is 2.03 bits per heavy atom. The Bertz CT molecular complexity index is 1210. The van der Waals surface area contributed by atoms with Crippen molar-refractivity contribution < 1.29 is 14.6 Å². The van der Waals surface area contributed by atoms with Crippen molar-refractivity contribution in [1.82, 2.24) is 10.3 Å². The lowest BCUT2D eigenvalue weighted by molar-refractivity contribution is 0.0695. The van der Waals surface area contributed by atoms with Crippen LogP contribution in [0.2, 0.25) is 0 Å². The summed E-state index contributed by atoms with van der Waals surface area (Å²) in [7, 11) is 1.61. The number of hydrogen-bond donors (Lipinski definition) is 3. The summed E-state index contributed by atoms with van der Waals surface area (Å²) in [5, 5.41) is 13.2. The number of fused-ring (bicyclic) bond motifs is 2. The molecule has 30 heavy (non-hydrogen) atoms. The van der Waals surface area contributed by atoms with E-state index in [1.165, 1.54) is 16.6 Å². The molecule has 8 heteroatoms. The topological polar surface area (TPSA) is 91.4 Å². The van der Waals surface area contributed by atoms with Gasteiger partial charge in [-0.2, -0.15) is 0 Å². The van der Waals surface area contributed by atoms with Gasteiger partial charge in [-0.05, 0) is 47.9 Å². The van der Waals surface area contributed by atoms with Crippen molar-refractivity contribution in [2.24, 2.45) is 0 Å². The maximum atomic E-state index is 12.8. The van der Waals surface area contributed by atoms with Crippen LogP contribution in [0, 0.1) is 0 Å². The van der Waals surface area contributed by atoms with E-state index < -0.39 is 11.4 Å². The third-order valence-corrected chi connectivity index (χ3v) is 7.14. The van der Waals surface area contributed by atoms with Crippen molar-refractivity contribution >= 4 is 40.6 Å². The number of ether oxygens (including phenoxy) is 1. The summed E-state index contributed by atoms with van der Waals surface area (Å²) in [5.41, 5.74) is 3.33. The van der Waals surface area contributed by atoms with Crippen molar-refractivity contribution in [3.63, 3.8) is 0 Å². The predicted octanol–water partition coefficient (Wildman–Crippen LogP) is 4.47. The number of rotatable bonds is 4. The number of carboxylic acids is 1. The average molecular weight is 447 g/mol. The molecule has 1 aliphatic heterocycles. The van der Waals surface area contributed by atoms with Crippen molar-refractivity contribution in [2.45, 2.75) is 38.1 Å². The lowest BCUT2D eigenvalue weighted by Crippen LogP contribution is -2.24. The second-order valence-electron chi connectivity index (χ2n) is 7.93. The van der Waals surface area contributed by atoms with Gasteiger partial charge in [0.05, 0.1) is 18.0 Å². The highest BCUT2D eigenvalue weighted by Crippen LogP contribution is 2.51. The number of methoxy groups -OCH3 is 1. The Labute approximate surface area is 183 Å². The first-order valence-corrected chi connectivity index (χ1v) is 10.6. The fourth-order valence-corrected chi connectivity index (χ4v) is 5.64. The summed E-state index contributed by atoms with van der Waals surface area (Å²) in [4.78, 5) is 29.8. The molecular formula is C22H23ClN2O4S. The molecule has 1 unspecified atom stereocenters. The van der Waals surface area contributed by atoms with Gasteiger partial charge < -0.3 is 20.1 Å². The summed E-state index contributed by atoms with van der Waals surface area (Å²) in [6, 6.07) is 4.15. The van der Waals surface area contributed by atoms with Gasteiger partial charge in [-0.1, -0.05) is 6.92 Å². The Morgan fingerprint density at radius 1 is 1.27 bits per heavy atom. The number of aromatic amines is 1. The summed E-state index contributed by atoms with van der Waals surface area (Å²) >= 11 is 1.77. The zero-order chi connectivity index (χ0) is 20.3. The van der Waals surface area contributed by atoms with Gasteiger partial charge in [-0.15, -0.1) is 23.7 Å². The van der Waals surface area contributed by atoms with E-state index in [0.29, 0.717) is 28.5 Å². The van der Waals surface area contributed by atoms with E-state index in [-0.39, 0.29) is 18.0 Å². The van der Waals surface area contributed by atoms with Crippen molar-refractivity contribution in [3.05, 3.63) is 50.1 Å². The molecule has 1 saturated carbocycles. The van der Waals surface area contributed by atoms with Crippen LogP contribution in [0.25, 0.3) is 21.3 Å². The van der Waals surface area contributed by atoms with Crippen molar-refractivity contribution in [1.29, 1.82) is 0 Å². The van der Waals surface area contributed by atoms with Crippen LogP contribution in [-0.4, -0.2) is 29.7 Å². The molecule has 1 atom stereocenters. The van der Waals surface area contributed by atoms with E-state index in [0.717, 1.165) is 41.9 Å². The number of hydrogen-bond acceptors (Lipinski definition) is 5. The molecule has 158 valence electrons. The Balaban J connectivity index is 0.00000218. The standard InChI is InChI=1S/C22H22N2O4S.ClH/c1-10-7-23-9-17-12(10)6-16(29-17)18-13(11-3-4-11)5-14-19(21(18)28-2)24-8-15(20(14)25)22(26)27;/h5-6,8,10-11,23H,3-4,7,9H2,1-2H3,(H,24,25)(H,26,27);1H. The number of carbonyl (C=O) groups is 1. The lowest BCUT2D eigenvalue weighted by Gasteiger charge is -2.19. The predicted molar refractivity (Wildman–Crippen MR) is 121 cm³/mol. The average Bonchev–Trinajstić information content (AvgIpc) is 3.45. The van der Waals surface area contributed by atoms with Crippen molar-refractivity contribution in [3.8, 4) is 16.2 Å². The smallest absolute Gasteiger partial charge is 0.341 e. The SMILES string of the molecule is COc1c(-c2cc3c(s2)CNCC3C)c(C2CC2)cc2c(=O)c(C(=O)O)c[nH]c12.Cl. The summed E-state index contributed by atoms with van der Waals surface area (Å²) in [6.45, 7) is 4.07. The van der Waals surface area contributed by atoms with Crippen LogP contribution in [0.4, 0.5) is 0 Å². The van der Waals surface area contributed by atoms with Crippen LogP contribution >= 0.6 is 23.7 Å². The summed E-state index contributed by atoms with van der Waals surface area (Å²) in [5.74, 6) is 0.234. The van der Waals surface area contributed by atoms with Crippen LogP contribution < -0.4 is 15.5 Å². The molecule has 2 aromatic heterocycles. The molecular weight excluding hydrogens is 424 g/mol. The second kappa shape index (κ2) is 7.72. The highest BCUT2D eigenvalue weighted by atomic mass is 35.5. The van der Waals surface area contributed by atoms with Crippen LogP contribution in [0.1, 0.15) is 58.0 Å². The Morgan fingerprint density at radius 3 is 2.67 bits per heavy atom. The zero-order valence-electron chi connectivity index (χ0n) is 16.7. The van der Waals surface area contributed by atoms with Gasteiger partial charge >= 0.3 is 5.97 Å². The molecule has 0 spiro atoms. The zero-order valence-corrected chi connectivity index (χ0v) is 18.3. The van der Waals surface area contributed by atoms with E-state index in [2.05, 4.69) is 23.3 Å². The van der Waals surface area contributed by atoms with Crippen LogP contribution in [0.5, 0.6) is 5.75 Å². The number of aromatic carboxylic acids is 1. The highest BCUT2D eigenvalue weighted by Gasteiger charge is 2.32. The highest BCUT2D eigenvalue weighted by molar-refractivity contribution is 7.15. The molecule has 1 fully saturated rings. The molecule has 0 radical (unpaired) electrons. The monoisotopic (exact) mass is 446 g/mol. The van der Waals surface area contributed by atoms with Gasteiger partial charge in [0, 0.05) is 34.6 Å². The minimum absolute atomic E-state index is 0. The number of nitrogens with one attached hydrogen (secondary N) is 2. The van der Waals surface area contributed by atoms with E-state index in [1.54, 1.807) is 18.4 Å². The number of halogens is 1. The number of thiophene rings is 1. The number of H-pyrrole nitrogens is 1. The van der Waals surface area contributed by atoms with Gasteiger partial charge in [0.2, 0.25) is 5.43 Å². The molecule has 3 N–H and O–H groups in total. The number of carboxylic acid groups (broad SMARTS) is 1. The minimum Gasteiger partial charge on any atom is -0.494 e. The molecule has 0 saturated heterocycles. The fourth-order valence-electron chi connectivity index (χ4n) is 4.32. The number of benzene rings is 1. The molecule has 1 aromatic carbocycles. The third kappa shape index (κ3) is 3.21. The molecule has 0 amide bonds. The van der Waals surface area contributed by atoms with Crippen LogP contribution in [0.3, 0.4) is 0 Å². The largest absolute Gasteiger partial charge is 0.494 e. The van der Waals surface area contributed by atoms with Crippen molar-refractivity contribution in [2.75, 3.05) is 13.7 Å². The molecule has 1 aliphatic carbocycles. The molecule has 3 heterocycles. The van der Waals surface area contributed by atoms with Crippen LogP contribution in [-0.2, 0) is 6.54 Å². The number of pyridine rings is 1. The Hall–Kier alpha value is -2.35. The normalized spacial score (nSPS) is 18.0. The van der Waals surface area contributed by atoms with Gasteiger partial charge in [0.15, 0.2) is 5.75 Å². The maximum Gasteiger partial charge on any atom is 0.341 e. The summed E-state index contributed by atoms with van der Waals surface area (Å²) < 4.78 is 5.82. The Kier molecular flexibility index (Phi) is 5.38. The van der Waals surface area contributed by atoms with Crippen LogP contribution in [0.15, 0.2) is 23.1 Å².